The number of aromatic nitrogens is 4. The standard InChI is InChI=1S/C25H26N6O2/c1-16(2)31-21(32)14-13-20(30-31)23-22(18-7-5-4-6-8-18)28-24(26)25(29-23)27-15-17-9-11-19(33-3)12-10-17/h4-14,16H,15H2,1-3H3,(H2,26,28)(H,27,29). The lowest BCUT2D eigenvalue weighted by molar-refractivity contribution is 0.414. The van der Waals surface area contributed by atoms with E-state index in [0.29, 0.717) is 29.4 Å². The van der Waals surface area contributed by atoms with E-state index < -0.39 is 0 Å². The molecule has 0 aliphatic heterocycles. The van der Waals surface area contributed by atoms with Crippen molar-refractivity contribution in [2.24, 2.45) is 0 Å². The molecular formula is C25H26N6O2. The number of ether oxygens (including phenoxy) is 1. The first-order valence-electron chi connectivity index (χ1n) is 10.7. The Bertz CT molecular complexity index is 1300. The summed E-state index contributed by atoms with van der Waals surface area (Å²) in [5.74, 6) is 1.52. The van der Waals surface area contributed by atoms with Gasteiger partial charge in [-0.2, -0.15) is 5.10 Å². The molecule has 8 heteroatoms. The molecule has 0 aliphatic carbocycles. The van der Waals surface area contributed by atoms with Gasteiger partial charge in [0.05, 0.1) is 13.2 Å². The molecule has 0 bridgehead atoms. The van der Waals surface area contributed by atoms with Gasteiger partial charge in [0, 0.05) is 18.2 Å². The molecule has 168 valence electrons. The van der Waals surface area contributed by atoms with Crippen molar-refractivity contribution in [2.45, 2.75) is 26.4 Å². The van der Waals surface area contributed by atoms with Crippen LogP contribution in [-0.4, -0.2) is 26.9 Å². The minimum atomic E-state index is -0.170. The number of hydrogen-bond acceptors (Lipinski definition) is 7. The quantitative estimate of drug-likeness (QED) is 0.443. The lowest BCUT2D eigenvalue weighted by Gasteiger charge is -2.15. The highest BCUT2D eigenvalue weighted by molar-refractivity contribution is 5.79. The van der Waals surface area contributed by atoms with E-state index in [0.717, 1.165) is 16.9 Å². The number of benzene rings is 2. The second-order valence-electron chi connectivity index (χ2n) is 7.82. The molecule has 2 aromatic carbocycles. The summed E-state index contributed by atoms with van der Waals surface area (Å²) in [7, 11) is 1.63. The maximum Gasteiger partial charge on any atom is 0.267 e. The van der Waals surface area contributed by atoms with E-state index in [1.54, 1.807) is 13.2 Å². The number of nitrogens with zero attached hydrogens (tertiary/aromatic N) is 4. The zero-order valence-electron chi connectivity index (χ0n) is 18.8. The summed E-state index contributed by atoms with van der Waals surface area (Å²) >= 11 is 0. The summed E-state index contributed by atoms with van der Waals surface area (Å²) in [6.07, 6.45) is 0. The average Bonchev–Trinajstić information content (AvgIpc) is 2.84. The molecule has 0 atom stereocenters. The second kappa shape index (κ2) is 9.52. The Hall–Kier alpha value is -4.20. The van der Waals surface area contributed by atoms with Gasteiger partial charge in [0.1, 0.15) is 22.8 Å². The highest BCUT2D eigenvalue weighted by atomic mass is 16.5. The molecule has 4 rings (SSSR count). The lowest BCUT2D eigenvalue weighted by Crippen LogP contribution is -2.24. The number of hydrogen-bond donors (Lipinski definition) is 2. The van der Waals surface area contributed by atoms with E-state index >= 15 is 0 Å². The summed E-state index contributed by atoms with van der Waals surface area (Å²) in [4.78, 5) is 21.7. The molecule has 0 aliphatic rings. The van der Waals surface area contributed by atoms with Gasteiger partial charge in [0.2, 0.25) is 0 Å². The van der Waals surface area contributed by atoms with Crippen LogP contribution in [-0.2, 0) is 6.54 Å². The molecule has 0 fully saturated rings. The fourth-order valence-corrected chi connectivity index (χ4v) is 3.41. The van der Waals surface area contributed by atoms with Crippen molar-refractivity contribution < 1.29 is 4.74 Å². The third kappa shape index (κ3) is 4.85. The minimum Gasteiger partial charge on any atom is -0.497 e. The van der Waals surface area contributed by atoms with Gasteiger partial charge in [-0.25, -0.2) is 14.6 Å². The average molecular weight is 443 g/mol. The van der Waals surface area contributed by atoms with Crippen LogP contribution < -0.4 is 21.3 Å². The SMILES string of the molecule is COc1ccc(CNc2nc(-c3ccc(=O)n(C(C)C)n3)c(-c3ccccc3)nc2N)cc1. The molecular weight excluding hydrogens is 416 g/mol. The van der Waals surface area contributed by atoms with Crippen molar-refractivity contribution in [3.05, 3.63) is 82.6 Å². The molecule has 8 nitrogen and oxygen atoms in total. The molecule has 3 N–H and O–H groups in total. The normalized spacial score (nSPS) is 10.9. The Morgan fingerprint density at radius 1 is 0.970 bits per heavy atom. The molecule has 2 aromatic heterocycles. The van der Waals surface area contributed by atoms with Crippen LogP contribution in [0.2, 0.25) is 0 Å². The van der Waals surface area contributed by atoms with Crippen LogP contribution in [0.5, 0.6) is 5.75 Å². The van der Waals surface area contributed by atoms with Crippen LogP contribution in [0, 0.1) is 0 Å². The zero-order chi connectivity index (χ0) is 23.4. The third-order valence-corrected chi connectivity index (χ3v) is 5.15. The first-order valence-corrected chi connectivity index (χ1v) is 10.7. The fourth-order valence-electron chi connectivity index (χ4n) is 3.41. The van der Waals surface area contributed by atoms with E-state index in [2.05, 4.69) is 15.4 Å². The molecule has 4 aromatic rings. The van der Waals surface area contributed by atoms with Crippen molar-refractivity contribution in [2.75, 3.05) is 18.2 Å². The van der Waals surface area contributed by atoms with Gasteiger partial charge in [0.25, 0.3) is 5.56 Å². The minimum absolute atomic E-state index is 0.0907. The first kappa shape index (κ1) is 22.0. The number of nitrogen functional groups attached to an aromatic ring is 1. The monoisotopic (exact) mass is 442 g/mol. The Labute approximate surface area is 192 Å². The van der Waals surface area contributed by atoms with Gasteiger partial charge in [0.15, 0.2) is 11.6 Å². The number of rotatable bonds is 7. The summed E-state index contributed by atoms with van der Waals surface area (Å²) in [6.45, 7) is 4.32. The number of anilines is 2. The first-order chi connectivity index (χ1) is 16.0. The van der Waals surface area contributed by atoms with Crippen LogP contribution in [0.1, 0.15) is 25.5 Å². The molecule has 33 heavy (non-hydrogen) atoms. The van der Waals surface area contributed by atoms with Crippen molar-refractivity contribution in [3.8, 4) is 28.4 Å². The van der Waals surface area contributed by atoms with Gasteiger partial charge in [-0.15, -0.1) is 0 Å². The molecule has 0 radical (unpaired) electrons. The van der Waals surface area contributed by atoms with Crippen LogP contribution >= 0.6 is 0 Å². The smallest absolute Gasteiger partial charge is 0.267 e. The van der Waals surface area contributed by atoms with Gasteiger partial charge in [-0.05, 0) is 37.6 Å². The highest BCUT2D eigenvalue weighted by Gasteiger charge is 2.18. The van der Waals surface area contributed by atoms with Gasteiger partial charge >= 0.3 is 0 Å². The van der Waals surface area contributed by atoms with Crippen LogP contribution in [0.15, 0.2) is 71.5 Å². The van der Waals surface area contributed by atoms with Crippen molar-refractivity contribution in [1.82, 2.24) is 19.7 Å². The predicted molar refractivity (Wildman–Crippen MR) is 130 cm³/mol. The third-order valence-electron chi connectivity index (χ3n) is 5.15. The van der Waals surface area contributed by atoms with Gasteiger partial charge in [-0.3, -0.25) is 4.79 Å². The van der Waals surface area contributed by atoms with E-state index in [1.165, 1.54) is 10.7 Å². The van der Waals surface area contributed by atoms with E-state index in [9.17, 15) is 4.79 Å². The number of nitrogens with one attached hydrogen (secondary N) is 1. The summed E-state index contributed by atoms with van der Waals surface area (Å²) < 4.78 is 6.65. The fraction of sp³-hybridized carbons (Fsp3) is 0.200. The predicted octanol–water partition coefficient (Wildman–Crippen LogP) is 4.15. The zero-order valence-corrected chi connectivity index (χ0v) is 18.8. The van der Waals surface area contributed by atoms with Crippen LogP contribution in [0.25, 0.3) is 22.6 Å². The largest absolute Gasteiger partial charge is 0.497 e. The van der Waals surface area contributed by atoms with Crippen molar-refractivity contribution >= 4 is 11.6 Å². The molecule has 0 amide bonds. The van der Waals surface area contributed by atoms with Crippen LogP contribution in [0.4, 0.5) is 11.6 Å². The summed E-state index contributed by atoms with van der Waals surface area (Å²) in [6, 6.07) is 20.5. The molecule has 0 spiro atoms. The molecule has 0 saturated heterocycles. The van der Waals surface area contributed by atoms with E-state index in [1.807, 2.05) is 68.4 Å². The Morgan fingerprint density at radius 2 is 1.70 bits per heavy atom. The Kier molecular flexibility index (Phi) is 6.35. The summed E-state index contributed by atoms with van der Waals surface area (Å²) in [5.41, 5.74) is 9.70. The lowest BCUT2D eigenvalue weighted by atomic mass is 10.1. The van der Waals surface area contributed by atoms with Crippen LogP contribution in [0.3, 0.4) is 0 Å². The van der Waals surface area contributed by atoms with Crippen molar-refractivity contribution in [1.29, 1.82) is 0 Å². The molecule has 0 unspecified atom stereocenters. The number of nitrogens with two attached hydrogens (primary N) is 1. The van der Waals surface area contributed by atoms with E-state index in [-0.39, 0.29) is 17.4 Å². The molecule has 0 saturated carbocycles. The Morgan fingerprint density at radius 3 is 2.36 bits per heavy atom. The second-order valence-corrected chi connectivity index (χ2v) is 7.82. The summed E-state index contributed by atoms with van der Waals surface area (Å²) in [5, 5.41) is 7.82. The highest BCUT2D eigenvalue weighted by Crippen LogP contribution is 2.31. The Balaban J connectivity index is 1.77. The maximum absolute atomic E-state index is 12.2. The molecule has 2 heterocycles. The number of methoxy groups -OCH3 is 1. The maximum atomic E-state index is 12.2. The van der Waals surface area contributed by atoms with Crippen molar-refractivity contribution in [3.63, 3.8) is 0 Å². The van der Waals surface area contributed by atoms with E-state index in [4.69, 9.17) is 15.5 Å². The van der Waals surface area contributed by atoms with Gasteiger partial charge in [-0.1, -0.05) is 42.5 Å². The van der Waals surface area contributed by atoms with Gasteiger partial charge < -0.3 is 15.8 Å². The topological polar surface area (TPSA) is 108 Å².